The summed E-state index contributed by atoms with van der Waals surface area (Å²) < 4.78 is 0. The Kier molecular flexibility index (Phi) is 4.33. The van der Waals surface area contributed by atoms with Crippen LogP contribution in [-0.4, -0.2) is 28.9 Å². The molecule has 0 amide bonds. The molecule has 1 rings (SSSR count). The van der Waals surface area contributed by atoms with Gasteiger partial charge in [-0.3, -0.25) is 0 Å². The highest BCUT2D eigenvalue weighted by Crippen LogP contribution is 2.10. The first-order valence-electron chi connectivity index (χ1n) is 5.16. The summed E-state index contributed by atoms with van der Waals surface area (Å²) in [6, 6.07) is 1.97. The number of rotatable bonds is 4. The third-order valence-electron chi connectivity index (χ3n) is 2.17. The fourth-order valence-corrected chi connectivity index (χ4v) is 1.45. The number of aromatic nitrogens is 2. The van der Waals surface area contributed by atoms with Crippen LogP contribution < -0.4 is 4.90 Å². The maximum absolute atomic E-state index is 5.90. The van der Waals surface area contributed by atoms with E-state index in [0.29, 0.717) is 0 Å². The molecule has 4 heteroatoms. The largest absolute Gasteiger partial charge is 0.344 e. The molecule has 0 saturated heterocycles. The number of anilines is 1. The van der Waals surface area contributed by atoms with Crippen LogP contribution in [-0.2, 0) is 0 Å². The first-order valence-corrected chi connectivity index (χ1v) is 5.60. The molecular formula is C11H18ClN3. The third-order valence-corrected chi connectivity index (χ3v) is 2.39. The van der Waals surface area contributed by atoms with Crippen molar-refractivity contribution in [3.63, 3.8) is 0 Å². The van der Waals surface area contributed by atoms with E-state index < -0.39 is 0 Å². The molecule has 1 aromatic heterocycles. The molecule has 1 heterocycles. The average Bonchev–Trinajstić information content (AvgIpc) is 2.12. The number of alkyl halides is 1. The summed E-state index contributed by atoms with van der Waals surface area (Å²) in [6.07, 6.45) is 0.939. The van der Waals surface area contributed by atoms with Crippen molar-refractivity contribution in [1.82, 2.24) is 9.97 Å². The summed E-state index contributed by atoms with van der Waals surface area (Å²) in [5.74, 6) is 0.782. The van der Waals surface area contributed by atoms with Gasteiger partial charge in [0.25, 0.3) is 0 Å². The summed E-state index contributed by atoms with van der Waals surface area (Å²) in [6.45, 7) is 6.84. The molecule has 0 radical (unpaired) electrons. The summed E-state index contributed by atoms with van der Waals surface area (Å²) >= 11 is 5.90. The molecule has 0 aliphatic heterocycles. The monoisotopic (exact) mass is 227 g/mol. The molecule has 0 fully saturated rings. The van der Waals surface area contributed by atoms with Crippen LogP contribution in [0.4, 0.5) is 5.95 Å². The van der Waals surface area contributed by atoms with E-state index in [1.165, 1.54) is 0 Å². The molecule has 84 valence electrons. The zero-order valence-electron chi connectivity index (χ0n) is 9.79. The molecule has 3 nitrogen and oxygen atoms in total. The molecule has 0 aromatic carbocycles. The average molecular weight is 228 g/mol. The van der Waals surface area contributed by atoms with E-state index in [0.717, 1.165) is 30.3 Å². The van der Waals surface area contributed by atoms with Crippen LogP contribution >= 0.6 is 11.6 Å². The van der Waals surface area contributed by atoms with Gasteiger partial charge in [0.15, 0.2) is 0 Å². The fourth-order valence-electron chi connectivity index (χ4n) is 1.35. The van der Waals surface area contributed by atoms with Crippen LogP contribution in [0.25, 0.3) is 0 Å². The molecule has 0 aliphatic rings. The fraction of sp³-hybridized carbons (Fsp3) is 0.636. The van der Waals surface area contributed by atoms with Gasteiger partial charge in [-0.05, 0) is 33.3 Å². The first kappa shape index (κ1) is 12.2. The Bertz CT molecular complexity index is 305. The maximum atomic E-state index is 5.90. The third kappa shape index (κ3) is 4.04. The van der Waals surface area contributed by atoms with Gasteiger partial charge in [-0.15, -0.1) is 11.6 Å². The van der Waals surface area contributed by atoms with Gasteiger partial charge in [-0.25, -0.2) is 9.97 Å². The number of aryl methyl sites for hydroxylation is 2. The molecule has 0 aliphatic carbocycles. The molecule has 1 atom stereocenters. The van der Waals surface area contributed by atoms with Crippen molar-refractivity contribution >= 4 is 17.5 Å². The second-order valence-electron chi connectivity index (χ2n) is 3.94. The van der Waals surface area contributed by atoms with Crippen molar-refractivity contribution in [2.24, 2.45) is 0 Å². The Hall–Kier alpha value is -0.830. The minimum atomic E-state index is 0.193. The maximum Gasteiger partial charge on any atom is 0.225 e. The van der Waals surface area contributed by atoms with Crippen molar-refractivity contribution in [1.29, 1.82) is 0 Å². The van der Waals surface area contributed by atoms with Crippen LogP contribution in [0.3, 0.4) is 0 Å². The summed E-state index contributed by atoms with van der Waals surface area (Å²) in [4.78, 5) is 10.8. The molecule has 1 unspecified atom stereocenters. The van der Waals surface area contributed by atoms with E-state index in [-0.39, 0.29) is 5.38 Å². The number of hydrogen-bond acceptors (Lipinski definition) is 3. The minimum absolute atomic E-state index is 0.193. The quantitative estimate of drug-likeness (QED) is 0.741. The van der Waals surface area contributed by atoms with Crippen LogP contribution in [0.2, 0.25) is 0 Å². The lowest BCUT2D eigenvalue weighted by molar-refractivity contribution is 0.752. The van der Waals surface area contributed by atoms with Crippen molar-refractivity contribution in [2.45, 2.75) is 32.6 Å². The van der Waals surface area contributed by atoms with E-state index in [1.54, 1.807) is 0 Å². The summed E-state index contributed by atoms with van der Waals surface area (Å²) in [7, 11) is 1.99. The summed E-state index contributed by atoms with van der Waals surface area (Å²) in [5.41, 5.74) is 2.01. The van der Waals surface area contributed by atoms with Crippen molar-refractivity contribution in [3.05, 3.63) is 17.5 Å². The van der Waals surface area contributed by atoms with Gasteiger partial charge in [0, 0.05) is 30.4 Å². The van der Waals surface area contributed by atoms with Crippen LogP contribution in [0.15, 0.2) is 6.07 Å². The van der Waals surface area contributed by atoms with Crippen molar-refractivity contribution < 1.29 is 0 Å². The normalized spacial score (nSPS) is 12.6. The standard InChI is InChI=1S/C11H18ClN3/c1-8(12)5-6-15(4)11-13-9(2)7-10(3)14-11/h7-8H,5-6H2,1-4H3. The molecule has 0 saturated carbocycles. The lowest BCUT2D eigenvalue weighted by Gasteiger charge is -2.18. The van der Waals surface area contributed by atoms with Gasteiger partial charge >= 0.3 is 0 Å². The summed E-state index contributed by atoms with van der Waals surface area (Å²) in [5, 5.41) is 0.193. The topological polar surface area (TPSA) is 29.0 Å². The van der Waals surface area contributed by atoms with Crippen molar-refractivity contribution in [2.75, 3.05) is 18.5 Å². The smallest absolute Gasteiger partial charge is 0.225 e. The first-order chi connectivity index (χ1) is 6.99. The van der Waals surface area contributed by atoms with Crippen LogP contribution in [0.1, 0.15) is 24.7 Å². The second kappa shape index (κ2) is 5.31. The van der Waals surface area contributed by atoms with E-state index >= 15 is 0 Å². The van der Waals surface area contributed by atoms with Gasteiger partial charge in [0.1, 0.15) is 0 Å². The van der Waals surface area contributed by atoms with Gasteiger partial charge in [0.05, 0.1) is 0 Å². The zero-order chi connectivity index (χ0) is 11.4. The van der Waals surface area contributed by atoms with Gasteiger partial charge in [-0.1, -0.05) is 0 Å². The number of hydrogen-bond donors (Lipinski definition) is 0. The number of nitrogens with zero attached hydrogens (tertiary/aromatic N) is 3. The Balaban J connectivity index is 2.68. The Morgan fingerprint density at radius 1 is 1.33 bits per heavy atom. The second-order valence-corrected chi connectivity index (χ2v) is 4.69. The lowest BCUT2D eigenvalue weighted by atomic mass is 10.3. The Labute approximate surface area is 96.5 Å². The Morgan fingerprint density at radius 2 is 1.87 bits per heavy atom. The van der Waals surface area contributed by atoms with Crippen LogP contribution in [0.5, 0.6) is 0 Å². The van der Waals surface area contributed by atoms with Gasteiger partial charge in [0.2, 0.25) is 5.95 Å². The van der Waals surface area contributed by atoms with E-state index in [4.69, 9.17) is 11.6 Å². The van der Waals surface area contributed by atoms with Crippen molar-refractivity contribution in [3.8, 4) is 0 Å². The Morgan fingerprint density at radius 3 is 2.33 bits per heavy atom. The van der Waals surface area contributed by atoms with E-state index in [2.05, 4.69) is 9.97 Å². The highest BCUT2D eigenvalue weighted by Gasteiger charge is 2.06. The van der Waals surface area contributed by atoms with E-state index in [1.807, 2.05) is 38.8 Å². The molecule has 0 bridgehead atoms. The number of halogens is 1. The zero-order valence-corrected chi connectivity index (χ0v) is 10.5. The lowest BCUT2D eigenvalue weighted by Crippen LogP contribution is -2.23. The van der Waals surface area contributed by atoms with Gasteiger partial charge in [-0.2, -0.15) is 0 Å². The molecular weight excluding hydrogens is 210 g/mol. The van der Waals surface area contributed by atoms with Crippen LogP contribution in [0, 0.1) is 13.8 Å². The predicted octanol–water partition coefficient (Wildman–Crippen LogP) is 2.55. The SMILES string of the molecule is Cc1cc(C)nc(N(C)CCC(C)Cl)n1. The van der Waals surface area contributed by atoms with Gasteiger partial charge < -0.3 is 4.90 Å². The van der Waals surface area contributed by atoms with E-state index in [9.17, 15) is 0 Å². The molecule has 0 N–H and O–H groups in total. The highest BCUT2D eigenvalue weighted by atomic mass is 35.5. The molecule has 1 aromatic rings. The predicted molar refractivity (Wildman–Crippen MR) is 64.7 cm³/mol. The molecule has 0 spiro atoms. The molecule has 15 heavy (non-hydrogen) atoms. The highest BCUT2D eigenvalue weighted by molar-refractivity contribution is 6.20. The minimum Gasteiger partial charge on any atom is -0.344 e.